The molecule has 1 rings (SSSR count). The van der Waals surface area contributed by atoms with Crippen LogP contribution in [-0.4, -0.2) is 29.0 Å². The SMILES string of the molecule is CSC(=NCC1(SC)CCCCC1)NC#N. The molecule has 1 aliphatic rings. The lowest BCUT2D eigenvalue weighted by Gasteiger charge is -2.34. The van der Waals surface area contributed by atoms with Gasteiger partial charge in [-0.15, -0.1) is 0 Å². The minimum Gasteiger partial charge on any atom is -0.272 e. The van der Waals surface area contributed by atoms with E-state index < -0.39 is 0 Å². The van der Waals surface area contributed by atoms with Gasteiger partial charge in [0.1, 0.15) is 0 Å². The Labute approximate surface area is 106 Å². The minimum absolute atomic E-state index is 0.316. The number of rotatable bonds is 3. The van der Waals surface area contributed by atoms with Gasteiger partial charge in [-0.05, 0) is 25.4 Å². The number of hydrogen-bond acceptors (Lipinski definition) is 4. The van der Waals surface area contributed by atoms with E-state index in [1.165, 1.54) is 43.9 Å². The summed E-state index contributed by atoms with van der Waals surface area (Å²) in [6.45, 7) is 0.832. The van der Waals surface area contributed by atoms with Crippen LogP contribution in [0.25, 0.3) is 0 Å². The van der Waals surface area contributed by atoms with Gasteiger partial charge in [0.25, 0.3) is 0 Å². The maximum atomic E-state index is 8.57. The average Bonchev–Trinajstić information content (AvgIpc) is 2.35. The molecule has 0 atom stereocenters. The van der Waals surface area contributed by atoms with Crippen molar-refractivity contribution in [1.82, 2.24) is 5.32 Å². The fraction of sp³-hybridized carbons (Fsp3) is 0.818. The van der Waals surface area contributed by atoms with Crippen molar-refractivity contribution in [2.75, 3.05) is 19.1 Å². The molecule has 0 radical (unpaired) electrons. The molecule has 1 N–H and O–H groups in total. The molecule has 16 heavy (non-hydrogen) atoms. The summed E-state index contributed by atoms with van der Waals surface area (Å²) in [5, 5.41) is 11.9. The zero-order valence-corrected chi connectivity index (χ0v) is 11.6. The van der Waals surface area contributed by atoms with E-state index in [0.717, 1.165) is 11.7 Å². The van der Waals surface area contributed by atoms with Gasteiger partial charge >= 0.3 is 0 Å². The Morgan fingerprint density at radius 2 is 2.06 bits per heavy atom. The van der Waals surface area contributed by atoms with Gasteiger partial charge in [0.05, 0.1) is 6.54 Å². The second kappa shape index (κ2) is 7.08. The molecule has 90 valence electrons. The number of amidine groups is 1. The number of nitrogens with zero attached hydrogens (tertiary/aromatic N) is 2. The van der Waals surface area contributed by atoms with Gasteiger partial charge in [0.15, 0.2) is 11.4 Å². The summed E-state index contributed by atoms with van der Waals surface area (Å²) in [5.41, 5.74) is 0. The van der Waals surface area contributed by atoms with Gasteiger partial charge < -0.3 is 0 Å². The first kappa shape index (κ1) is 13.7. The molecule has 0 amide bonds. The van der Waals surface area contributed by atoms with Crippen LogP contribution in [0, 0.1) is 11.5 Å². The Kier molecular flexibility index (Phi) is 6.07. The summed E-state index contributed by atoms with van der Waals surface area (Å²) >= 11 is 3.44. The van der Waals surface area contributed by atoms with Gasteiger partial charge in [-0.2, -0.15) is 17.0 Å². The minimum atomic E-state index is 0.316. The Bertz CT molecular complexity index is 277. The van der Waals surface area contributed by atoms with Crippen molar-refractivity contribution in [1.29, 1.82) is 5.26 Å². The first-order valence-electron chi connectivity index (χ1n) is 5.55. The Hall–Kier alpha value is -0.340. The summed E-state index contributed by atoms with van der Waals surface area (Å²) in [6.07, 6.45) is 12.5. The van der Waals surface area contributed by atoms with Crippen LogP contribution in [0.1, 0.15) is 32.1 Å². The average molecular weight is 257 g/mol. The number of nitrogens with one attached hydrogen (secondary N) is 1. The molecule has 0 bridgehead atoms. The third-order valence-electron chi connectivity index (χ3n) is 3.06. The standard InChI is InChI=1S/C11H19N3S2/c1-15-10(14-9-12)13-8-11(16-2)6-4-3-5-7-11/h3-8H2,1-2H3,(H,13,14). The molecule has 1 aliphatic carbocycles. The predicted octanol–water partition coefficient (Wildman–Crippen LogP) is 2.84. The van der Waals surface area contributed by atoms with E-state index in [9.17, 15) is 0 Å². The van der Waals surface area contributed by atoms with E-state index in [1.54, 1.807) is 0 Å². The Morgan fingerprint density at radius 1 is 1.38 bits per heavy atom. The molecule has 0 saturated heterocycles. The van der Waals surface area contributed by atoms with Crippen molar-refractivity contribution < 1.29 is 0 Å². The van der Waals surface area contributed by atoms with Crippen LogP contribution in [0.3, 0.4) is 0 Å². The molecular formula is C11H19N3S2. The van der Waals surface area contributed by atoms with Crippen molar-refractivity contribution in [3.63, 3.8) is 0 Å². The highest BCUT2D eigenvalue weighted by atomic mass is 32.2. The van der Waals surface area contributed by atoms with Crippen LogP contribution in [-0.2, 0) is 0 Å². The first-order chi connectivity index (χ1) is 7.76. The van der Waals surface area contributed by atoms with Gasteiger partial charge in [0, 0.05) is 4.75 Å². The van der Waals surface area contributed by atoms with E-state index >= 15 is 0 Å². The normalized spacial score (nSPS) is 20.2. The van der Waals surface area contributed by atoms with Crippen molar-refractivity contribution in [2.24, 2.45) is 4.99 Å². The zero-order valence-electron chi connectivity index (χ0n) is 9.95. The number of aliphatic imine (C=N–C) groups is 1. The van der Waals surface area contributed by atoms with E-state index in [0.29, 0.717) is 4.75 Å². The molecular weight excluding hydrogens is 238 g/mol. The van der Waals surface area contributed by atoms with Gasteiger partial charge in [-0.1, -0.05) is 31.0 Å². The molecule has 5 heteroatoms. The Balaban J connectivity index is 2.58. The molecule has 1 fully saturated rings. The highest BCUT2D eigenvalue weighted by molar-refractivity contribution is 8.13. The smallest absolute Gasteiger partial charge is 0.183 e. The monoisotopic (exact) mass is 257 g/mol. The van der Waals surface area contributed by atoms with Gasteiger partial charge in [-0.3, -0.25) is 10.3 Å². The summed E-state index contributed by atoms with van der Waals surface area (Å²) < 4.78 is 0.316. The third kappa shape index (κ3) is 3.91. The molecule has 3 nitrogen and oxygen atoms in total. The number of nitriles is 1. The van der Waals surface area contributed by atoms with Crippen molar-refractivity contribution in [3.05, 3.63) is 0 Å². The second-order valence-corrected chi connectivity index (χ2v) is 6.08. The summed E-state index contributed by atoms with van der Waals surface area (Å²) in [7, 11) is 0. The molecule has 0 spiro atoms. The number of hydrogen-bond donors (Lipinski definition) is 1. The molecule has 0 aromatic carbocycles. The maximum absolute atomic E-state index is 8.57. The lowest BCUT2D eigenvalue weighted by atomic mass is 9.88. The highest BCUT2D eigenvalue weighted by Crippen LogP contribution is 2.38. The summed E-state index contributed by atoms with van der Waals surface area (Å²) in [4.78, 5) is 4.52. The highest BCUT2D eigenvalue weighted by Gasteiger charge is 2.30. The van der Waals surface area contributed by atoms with E-state index in [1.807, 2.05) is 24.2 Å². The third-order valence-corrected chi connectivity index (χ3v) is 5.09. The van der Waals surface area contributed by atoms with Crippen LogP contribution in [0.15, 0.2) is 4.99 Å². The van der Waals surface area contributed by atoms with Crippen LogP contribution >= 0.6 is 23.5 Å². The van der Waals surface area contributed by atoms with E-state index in [-0.39, 0.29) is 0 Å². The molecule has 0 unspecified atom stereocenters. The summed E-state index contributed by atoms with van der Waals surface area (Å²) in [5.74, 6) is 0. The largest absolute Gasteiger partial charge is 0.272 e. The zero-order chi connectivity index (χ0) is 11.9. The molecule has 0 aromatic rings. The van der Waals surface area contributed by atoms with Crippen molar-refractivity contribution >= 4 is 28.7 Å². The van der Waals surface area contributed by atoms with Crippen molar-refractivity contribution in [2.45, 2.75) is 36.9 Å². The number of thioether (sulfide) groups is 2. The van der Waals surface area contributed by atoms with Crippen molar-refractivity contribution in [3.8, 4) is 6.19 Å². The van der Waals surface area contributed by atoms with E-state index in [2.05, 4.69) is 16.6 Å². The molecule has 0 aliphatic heterocycles. The molecule has 1 saturated carbocycles. The first-order valence-corrected chi connectivity index (χ1v) is 8.00. The van der Waals surface area contributed by atoms with Crippen LogP contribution in [0.2, 0.25) is 0 Å². The van der Waals surface area contributed by atoms with Gasteiger partial charge in [0.2, 0.25) is 0 Å². The maximum Gasteiger partial charge on any atom is 0.183 e. The fourth-order valence-corrected chi connectivity index (χ4v) is 3.27. The lowest BCUT2D eigenvalue weighted by molar-refractivity contribution is 0.405. The van der Waals surface area contributed by atoms with Crippen LogP contribution < -0.4 is 5.32 Å². The Morgan fingerprint density at radius 3 is 2.56 bits per heavy atom. The second-order valence-electron chi connectivity index (χ2n) is 4.01. The quantitative estimate of drug-likeness (QED) is 0.365. The van der Waals surface area contributed by atoms with E-state index in [4.69, 9.17) is 5.26 Å². The molecule has 0 heterocycles. The lowest BCUT2D eigenvalue weighted by Crippen LogP contribution is -2.32. The van der Waals surface area contributed by atoms with Crippen LogP contribution in [0.4, 0.5) is 0 Å². The topological polar surface area (TPSA) is 48.2 Å². The molecule has 0 aromatic heterocycles. The van der Waals surface area contributed by atoms with Gasteiger partial charge in [-0.25, -0.2) is 0 Å². The van der Waals surface area contributed by atoms with Crippen LogP contribution in [0.5, 0.6) is 0 Å². The fourth-order valence-electron chi connectivity index (χ4n) is 2.04. The summed E-state index contributed by atoms with van der Waals surface area (Å²) in [6, 6.07) is 0. The predicted molar refractivity (Wildman–Crippen MR) is 73.9 cm³/mol.